The van der Waals surface area contributed by atoms with Gasteiger partial charge in [0, 0.05) is 64.3 Å². The molecular weight excluding hydrogens is 868 g/mol. The minimum absolute atomic E-state index is 0.0132. The fourth-order valence-corrected chi connectivity index (χ4v) is 14.0. The van der Waals surface area contributed by atoms with Crippen molar-refractivity contribution < 1.29 is 4.42 Å². The van der Waals surface area contributed by atoms with E-state index in [0.717, 1.165) is 16.6 Å². The van der Waals surface area contributed by atoms with Crippen molar-refractivity contribution in [3.05, 3.63) is 173 Å². The van der Waals surface area contributed by atoms with Crippen LogP contribution in [0.4, 0.5) is 11.4 Å². The van der Waals surface area contributed by atoms with E-state index in [1.165, 1.54) is 126 Å². The number of hydrogen-bond donors (Lipinski definition) is 0. The van der Waals surface area contributed by atoms with Gasteiger partial charge in [-0.15, -0.1) is 11.3 Å². The number of benzene rings is 8. The Morgan fingerprint density at radius 1 is 0.543 bits per heavy atom. The molecule has 3 aliphatic rings. The Kier molecular flexibility index (Phi) is 8.26. The van der Waals surface area contributed by atoms with Crippen molar-refractivity contribution >= 4 is 93.6 Å². The van der Waals surface area contributed by atoms with Crippen LogP contribution in [0.5, 0.6) is 0 Å². The maximum atomic E-state index is 7.41. The fourth-order valence-electron chi connectivity index (χ4n) is 12.6. The van der Waals surface area contributed by atoms with E-state index in [9.17, 15) is 0 Å². The molecule has 1 aliphatic carbocycles. The van der Waals surface area contributed by atoms with Crippen LogP contribution in [-0.4, -0.2) is 11.4 Å². The second-order valence-electron chi connectivity index (χ2n) is 24.1. The lowest BCUT2D eigenvalue weighted by Crippen LogP contribution is -2.59. The van der Waals surface area contributed by atoms with Gasteiger partial charge in [-0.1, -0.05) is 173 Å². The van der Waals surface area contributed by atoms with E-state index in [2.05, 4.69) is 231 Å². The standard InChI is InChI=1S/C65H57BN2OS/c1-62(2,3)38-22-26-41(27-23-38)68-51-35-49-45(42-29-24-40(64(7,8)9)33-48(42)65(49,10)11)34-47(51)56-57-59-54(55-43-19-15-16-20-52(43)69-60(55)56)46-32-39(63(4,5)6)25-30-50(46)67(59)58-44-28-21-37(36-17-13-12-14-18-36)31-53(44)70-61(58)66(57)68/h12-35H,1-11H3. The third-order valence-electron chi connectivity index (χ3n) is 16.4. The summed E-state index contributed by atoms with van der Waals surface area (Å²) in [4.78, 5) is 2.73. The number of anilines is 2. The van der Waals surface area contributed by atoms with Crippen molar-refractivity contribution in [1.82, 2.24) is 4.57 Å². The molecule has 0 atom stereocenters. The normalized spacial score (nSPS) is 14.8. The molecule has 0 spiro atoms. The number of para-hydroxylation sites is 1. The molecule has 0 fully saturated rings. The molecule has 5 heterocycles. The molecule has 0 bridgehead atoms. The molecule has 0 unspecified atom stereocenters. The molecule has 0 radical (unpaired) electrons. The van der Waals surface area contributed by atoms with Gasteiger partial charge in [-0.25, -0.2) is 0 Å². The van der Waals surface area contributed by atoms with Gasteiger partial charge in [-0.2, -0.15) is 0 Å². The van der Waals surface area contributed by atoms with Crippen molar-refractivity contribution in [3.8, 4) is 39.1 Å². The van der Waals surface area contributed by atoms with E-state index in [4.69, 9.17) is 4.42 Å². The summed E-state index contributed by atoms with van der Waals surface area (Å²) in [5, 5.41) is 6.22. The van der Waals surface area contributed by atoms with Crippen LogP contribution in [-0.2, 0) is 21.7 Å². The summed E-state index contributed by atoms with van der Waals surface area (Å²) in [5.41, 5.74) is 23.6. The first-order chi connectivity index (χ1) is 33.4. The van der Waals surface area contributed by atoms with Gasteiger partial charge in [0.25, 0.3) is 0 Å². The average Bonchev–Trinajstić information content (AvgIpc) is 4.06. The Bertz CT molecular complexity index is 4080. The molecule has 0 saturated heterocycles. The molecule has 5 heteroatoms. The van der Waals surface area contributed by atoms with Gasteiger partial charge < -0.3 is 13.8 Å². The zero-order chi connectivity index (χ0) is 48.1. The third-order valence-corrected chi connectivity index (χ3v) is 17.6. The SMILES string of the molecule is CC(C)(C)c1ccc(N2B3c4sc5cc(-c6ccccc6)ccc5c4-n4c5ccc(C(C)(C)C)cc5c5c6c(oc7ccccc76)c(c3c54)-c3cc4c(cc32)C(C)(C)c2cc(C(C)(C)C)ccc2-4)cc1. The van der Waals surface area contributed by atoms with Crippen LogP contribution in [0.25, 0.3) is 92.9 Å². The first-order valence-electron chi connectivity index (χ1n) is 25.2. The van der Waals surface area contributed by atoms with E-state index < -0.39 is 0 Å². The molecule has 2 aliphatic heterocycles. The molecular formula is C65H57BN2OS. The Hall–Kier alpha value is -6.82. The van der Waals surface area contributed by atoms with Crippen LogP contribution in [0.2, 0.25) is 0 Å². The second-order valence-corrected chi connectivity index (χ2v) is 25.2. The number of thiophene rings is 1. The van der Waals surface area contributed by atoms with Crippen molar-refractivity contribution in [2.75, 3.05) is 4.81 Å². The molecule has 70 heavy (non-hydrogen) atoms. The molecule has 11 aromatic rings. The summed E-state index contributed by atoms with van der Waals surface area (Å²) < 4.78 is 12.7. The van der Waals surface area contributed by atoms with Gasteiger partial charge >= 0.3 is 6.85 Å². The number of rotatable bonds is 2. The van der Waals surface area contributed by atoms with E-state index in [1.807, 2.05) is 11.3 Å². The van der Waals surface area contributed by atoms with Crippen LogP contribution in [0, 0.1) is 0 Å². The van der Waals surface area contributed by atoms with Crippen molar-refractivity contribution in [3.63, 3.8) is 0 Å². The van der Waals surface area contributed by atoms with Gasteiger partial charge in [-0.05, 0) is 120 Å². The highest BCUT2D eigenvalue weighted by atomic mass is 32.1. The molecule has 8 aromatic carbocycles. The van der Waals surface area contributed by atoms with Gasteiger partial charge in [0.1, 0.15) is 11.2 Å². The summed E-state index contributed by atoms with van der Waals surface area (Å²) >= 11 is 1.97. The quantitative estimate of drug-likeness (QED) is 0.161. The third kappa shape index (κ3) is 5.59. The monoisotopic (exact) mass is 924 g/mol. The lowest BCUT2D eigenvalue weighted by molar-refractivity contribution is 0.584. The number of fused-ring (bicyclic) bond motifs is 18. The predicted molar refractivity (Wildman–Crippen MR) is 302 cm³/mol. The Labute approximate surface area is 415 Å². The molecule has 0 N–H and O–H groups in total. The zero-order valence-electron chi connectivity index (χ0n) is 42.1. The highest BCUT2D eigenvalue weighted by molar-refractivity contribution is 7.32. The predicted octanol–water partition coefficient (Wildman–Crippen LogP) is 17.0. The van der Waals surface area contributed by atoms with Gasteiger partial charge in [-0.3, -0.25) is 0 Å². The maximum Gasteiger partial charge on any atom is 0.343 e. The lowest BCUT2D eigenvalue weighted by atomic mass is 9.47. The molecule has 342 valence electrons. The van der Waals surface area contributed by atoms with Crippen LogP contribution < -0.4 is 15.1 Å². The smallest absolute Gasteiger partial charge is 0.343 e. The fraction of sp³-hybridized carbons (Fsp3) is 0.231. The first-order valence-corrected chi connectivity index (χ1v) is 26.0. The lowest BCUT2D eigenvalue weighted by Gasteiger charge is -2.41. The van der Waals surface area contributed by atoms with Crippen molar-refractivity contribution in [2.24, 2.45) is 0 Å². The summed E-state index contributed by atoms with van der Waals surface area (Å²) in [6.45, 7) is 25.7. The topological polar surface area (TPSA) is 21.3 Å². The van der Waals surface area contributed by atoms with Crippen molar-refractivity contribution in [2.45, 2.75) is 97.8 Å². The first kappa shape index (κ1) is 42.1. The van der Waals surface area contributed by atoms with Gasteiger partial charge in [0.15, 0.2) is 0 Å². The van der Waals surface area contributed by atoms with Crippen LogP contribution in [0.3, 0.4) is 0 Å². The molecule has 3 aromatic heterocycles. The largest absolute Gasteiger partial charge is 0.455 e. The summed E-state index contributed by atoms with van der Waals surface area (Å²) in [5.74, 6) is 0. The average molecular weight is 925 g/mol. The molecule has 0 amide bonds. The summed E-state index contributed by atoms with van der Waals surface area (Å²) in [7, 11) is 0. The second kappa shape index (κ2) is 13.7. The number of nitrogens with zero attached hydrogens (tertiary/aromatic N) is 2. The van der Waals surface area contributed by atoms with E-state index in [1.54, 1.807) is 0 Å². The molecule has 14 rings (SSSR count). The zero-order valence-corrected chi connectivity index (χ0v) is 43.0. The van der Waals surface area contributed by atoms with E-state index >= 15 is 0 Å². The Morgan fingerprint density at radius 3 is 1.96 bits per heavy atom. The number of hydrogen-bond acceptors (Lipinski definition) is 3. The summed E-state index contributed by atoms with van der Waals surface area (Å²) in [6, 6.07) is 56.1. The highest BCUT2D eigenvalue weighted by Gasteiger charge is 2.49. The molecule has 0 saturated carbocycles. The summed E-state index contributed by atoms with van der Waals surface area (Å²) in [6.07, 6.45) is 0. The Balaban J connectivity index is 1.19. The van der Waals surface area contributed by atoms with Crippen LogP contribution >= 0.6 is 11.3 Å². The highest BCUT2D eigenvalue weighted by Crippen LogP contribution is 2.57. The number of aromatic nitrogens is 1. The minimum atomic E-state index is -0.220. The van der Waals surface area contributed by atoms with Crippen molar-refractivity contribution in [1.29, 1.82) is 0 Å². The maximum absolute atomic E-state index is 7.41. The van der Waals surface area contributed by atoms with E-state index in [-0.39, 0.29) is 28.5 Å². The van der Waals surface area contributed by atoms with Gasteiger partial charge in [0.05, 0.1) is 16.7 Å². The van der Waals surface area contributed by atoms with Crippen LogP contribution in [0.15, 0.2) is 150 Å². The van der Waals surface area contributed by atoms with Gasteiger partial charge in [0.2, 0.25) is 0 Å². The molecule has 3 nitrogen and oxygen atoms in total. The Morgan fingerprint density at radius 2 is 1.21 bits per heavy atom. The van der Waals surface area contributed by atoms with Crippen LogP contribution in [0.1, 0.15) is 104 Å². The minimum Gasteiger partial charge on any atom is -0.455 e. The number of furan rings is 1. The van der Waals surface area contributed by atoms with E-state index in [0.29, 0.717) is 0 Å².